The minimum Gasteiger partial charge on any atom is -0.481 e. The van der Waals surface area contributed by atoms with E-state index in [1.807, 2.05) is 62.6 Å². The number of carboxylic acid groups (broad SMARTS) is 1. The lowest BCUT2D eigenvalue weighted by Crippen LogP contribution is -2.26. The molecule has 1 aliphatic heterocycles. The van der Waals surface area contributed by atoms with Crippen LogP contribution in [0.4, 0.5) is 5.69 Å². The number of nitrogens with one attached hydrogen (secondary N) is 3. The molecule has 0 bridgehead atoms. The number of aromatic amines is 1. The first-order valence-corrected chi connectivity index (χ1v) is 21.5. The van der Waals surface area contributed by atoms with E-state index in [-0.39, 0.29) is 28.8 Å². The number of benzene rings is 4. The minimum atomic E-state index is -3.93. The van der Waals surface area contributed by atoms with Crippen molar-refractivity contribution in [3.8, 4) is 22.2 Å². The van der Waals surface area contributed by atoms with Crippen molar-refractivity contribution >= 4 is 67.1 Å². The van der Waals surface area contributed by atoms with Crippen LogP contribution in [0.1, 0.15) is 72.7 Å². The van der Waals surface area contributed by atoms with E-state index in [0.29, 0.717) is 51.5 Å². The van der Waals surface area contributed by atoms with Crippen LogP contribution in [0, 0.1) is 39.0 Å². The van der Waals surface area contributed by atoms with Crippen molar-refractivity contribution in [1.82, 2.24) is 25.1 Å². The zero-order valence-electron chi connectivity index (χ0n) is 32.8. The third kappa shape index (κ3) is 7.45. The van der Waals surface area contributed by atoms with Gasteiger partial charge in [-0.3, -0.25) is 23.9 Å². The van der Waals surface area contributed by atoms with Gasteiger partial charge in [-0.15, -0.1) is 21.5 Å². The Bertz CT molecular complexity index is 3050. The summed E-state index contributed by atoms with van der Waals surface area (Å²) < 4.78 is 31.1. The summed E-state index contributed by atoms with van der Waals surface area (Å²) in [6.45, 7) is 8.09. The number of anilines is 1. The predicted molar refractivity (Wildman–Crippen MR) is 232 cm³/mol. The zero-order valence-corrected chi connectivity index (χ0v) is 35.2. The Morgan fingerprint density at radius 2 is 1.68 bits per heavy atom. The first-order chi connectivity index (χ1) is 28.7. The number of H-pyrrole nitrogens is 1. The maximum absolute atomic E-state index is 13.3. The summed E-state index contributed by atoms with van der Waals surface area (Å²) in [7, 11) is -3.93. The highest BCUT2D eigenvalue weighted by molar-refractivity contribution is 7.92. The minimum absolute atomic E-state index is 0.0724. The topological polar surface area (TPSA) is 195 Å². The molecule has 60 heavy (non-hydrogen) atoms. The van der Waals surface area contributed by atoms with E-state index in [0.717, 1.165) is 48.8 Å². The molecule has 0 saturated carbocycles. The molecule has 13 nitrogen and oxygen atoms in total. The third-order valence-electron chi connectivity index (χ3n) is 10.7. The third-order valence-corrected chi connectivity index (χ3v) is 13.5. The fraction of sp³-hybridized carbons (Fsp3) is 0.182. The van der Waals surface area contributed by atoms with E-state index >= 15 is 0 Å². The molecule has 1 amide bonds. The fourth-order valence-electron chi connectivity index (χ4n) is 7.44. The number of halogens is 1. The molecule has 0 fully saturated rings. The molecule has 7 aromatic rings. The lowest BCUT2D eigenvalue weighted by Gasteiger charge is -2.12. The van der Waals surface area contributed by atoms with Crippen LogP contribution in [-0.2, 0) is 21.2 Å². The monoisotopic (exact) mass is 856 g/mol. The molecule has 0 aliphatic carbocycles. The number of carbonyl (C=O) groups is 2. The summed E-state index contributed by atoms with van der Waals surface area (Å²) in [6, 6.07) is 24.3. The van der Waals surface area contributed by atoms with Gasteiger partial charge in [0.15, 0.2) is 5.82 Å². The number of aryl methyl sites for hydroxylation is 3. The van der Waals surface area contributed by atoms with E-state index in [1.165, 1.54) is 12.1 Å². The molecule has 0 radical (unpaired) electrons. The van der Waals surface area contributed by atoms with Crippen LogP contribution in [0.15, 0.2) is 94.9 Å². The molecule has 4 aromatic carbocycles. The van der Waals surface area contributed by atoms with Crippen LogP contribution in [0.2, 0.25) is 5.02 Å². The number of fused-ring (bicyclic) bond motifs is 4. The van der Waals surface area contributed by atoms with E-state index in [1.54, 1.807) is 53.9 Å². The quantitative estimate of drug-likeness (QED) is 0.0996. The average Bonchev–Trinajstić information content (AvgIpc) is 3.90. The Morgan fingerprint density at radius 1 is 0.967 bits per heavy atom. The van der Waals surface area contributed by atoms with Crippen LogP contribution < -0.4 is 10.0 Å². The number of amides is 1. The molecule has 3 aromatic heterocycles. The smallest absolute Gasteiger partial charge is 0.306 e. The van der Waals surface area contributed by atoms with Crippen molar-refractivity contribution in [1.29, 1.82) is 5.26 Å². The first kappa shape index (κ1) is 40.2. The molecule has 0 spiro atoms. The molecule has 302 valence electrons. The number of thiophene rings is 1. The summed E-state index contributed by atoms with van der Waals surface area (Å²) in [6.07, 6.45) is 1.78. The SMILES string of the molecule is Cc1sc2c(c1C)C(c1ccc(-c3ccc(C(=O)NCCc4ccc(S(=O)(=O)Nc5ccc(C)c6c(C#N)c[nH]c56)cc4)c(Cl)c3)cc1)=N[C@@H](CC(=O)O)c1nnc(C)n1-2. The zero-order chi connectivity index (χ0) is 42.5. The number of carboxylic acids is 1. The van der Waals surface area contributed by atoms with E-state index in [9.17, 15) is 28.4 Å². The first-order valence-electron chi connectivity index (χ1n) is 18.9. The Morgan fingerprint density at radius 3 is 2.38 bits per heavy atom. The van der Waals surface area contributed by atoms with Crippen molar-refractivity contribution in [2.45, 2.75) is 51.5 Å². The normalized spacial score (nSPS) is 13.5. The summed E-state index contributed by atoms with van der Waals surface area (Å²) >= 11 is 8.27. The van der Waals surface area contributed by atoms with Gasteiger partial charge in [-0.2, -0.15) is 5.26 Å². The summed E-state index contributed by atoms with van der Waals surface area (Å²) in [5, 5.41) is 32.6. The number of hydrogen-bond donors (Lipinski definition) is 4. The second-order valence-electron chi connectivity index (χ2n) is 14.5. The molecule has 8 rings (SSSR count). The van der Waals surface area contributed by atoms with Crippen LogP contribution in [0.3, 0.4) is 0 Å². The molecular weight excluding hydrogens is 820 g/mol. The van der Waals surface area contributed by atoms with Gasteiger partial charge in [0.1, 0.15) is 22.9 Å². The van der Waals surface area contributed by atoms with Crippen LogP contribution in [0.5, 0.6) is 0 Å². The maximum atomic E-state index is 13.3. The molecule has 1 aliphatic rings. The number of hydrogen-bond acceptors (Lipinski definition) is 9. The number of aliphatic imine (C=N–C) groups is 1. The Balaban J connectivity index is 0.929. The number of nitriles is 1. The second kappa shape index (κ2) is 15.9. The van der Waals surface area contributed by atoms with Gasteiger partial charge in [-0.1, -0.05) is 60.1 Å². The number of aromatic nitrogens is 4. The van der Waals surface area contributed by atoms with Crippen LogP contribution >= 0.6 is 22.9 Å². The van der Waals surface area contributed by atoms with Gasteiger partial charge in [-0.25, -0.2) is 8.42 Å². The molecule has 4 N–H and O–H groups in total. The number of aliphatic carboxylic acids is 1. The van der Waals surface area contributed by atoms with Gasteiger partial charge in [-0.05, 0) is 92.3 Å². The van der Waals surface area contributed by atoms with Crippen molar-refractivity contribution in [3.63, 3.8) is 0 Å². The van der Waals surface area contributed by atoms with Crippen molar-refractivity contribution in [2.75, 3.05) is 11.3 Å². The highest BCUT2D eigenvalue weighted by Gasteiger charge is 2.32. The molecule has 16 heteroatoms. The molecule has 0 unspecified atom stereocenters. The number of carbonyl (C=O) groups excluding carboxylic acids is 1. The average molecular weight is 857 g/mol. The molecule has 4 heterocycles. The van der Waals surface area contributed by atoms with Gasteiger partial charge in [0.25, 0.3) is 15.9 Å². The van der Waals surface area contributed by atoms with Crippen LogP contribution in [0.25, 0.3) is 27.0 Å². The lowest BCUT2D eigenvalue weighted by molar-refractivity contribution is -0.137. The Labute approximate surface area is 354 Å². The van der Waals surface area contributed by atoms with Gasteiger partial charge in [0, 0.05) is 34.1 Å². The van der Waals surface area contributed by atoms with Gasteiger partial charge >= 0.3 is 5.97 Å². The van der Waals surface area contributed by atoms with Gasteiger partial charge in [0.05, 0.1) is 44.4 Å². The van der Waals surface area contributed by atoms with Crippen molar-refractivity contribution < 1.29 is 23.1 Å². The van der Waals surface area contributed by atoms with Crippen LogP contribution in [-0.4, -0.2) is 57.4 Å². The van der Waals surface area contributed by atoms with Gasteiger partial charge < -0.3 is 15.4 Å². The number of nitrogens with zero attached hydrogens (tertiary/aromatic N) is 5. The summed E-state index contributed by atoms with van der Waals surface area (Å²) in [5.74, 6) is -0.172. The summed E-state index contributed by atoms with van der Waals surface area (Å²) in [4.78, 5) is 34.3. The second-order valence-corrected chi connectivity index (χ2v) is 17.8. The number of rotatable bonds is 11. The maximum Gasteiger partial charge on any atom is 0.306 e. The predicted octanol–water partition coefficient (Wildman–Crippen LogP) is 8.38. The largest absolute Gasteiger partial charge is 0.481 e. The van der Waals surface area contributed by atoms with Crippen molar-refractivity contribution in [2.24, 2.45) is 4.99 Å². The Kier molecular flexibility index (Phi) is 10.6. The summed E-state index contributed by atoms with van der Waals surface area (Å²) in [5.41, 5.74) is 8.45. The van der Waals surface area contributed by atoms with Crippen molar-refractivity contribution in [3.05, 3.63) is 146 Å². The number of sulfonamides is 1. The molecule has 1 atom stereocenters. The van der Waals surface area contributed by atoms with E-state index in [4.69, 9.17) is 16.6 Å². The fourth-order valence-corrected chi connectivity index (χ4v) is 9.99. The molecular formula is C44H37ClN8O5S2. The highest BCUT2D eigenvalue weighted by atomic mass is 35.5. The standard InChI is InChI=1S/C44H37ClN8O5S2/c1-23-5-16-35(41-38(23)31(21-46)22-48-41)52-60(57,58)32-13-6-27(7-14-32)17-18-47-43(56)33-15-12-30(19-34(33)45)28-8-10-29(11-9-28)40-39-24(2)25(3)59-44(39)53-26(4)50-51-42(53)36(49-40)20-37(54)55/h5-16,19,22,36,48,52H,17-18,20H2,1-4H3,(H,47,56)(H,54,55)/t36-/m0/s1. The van der Waals surface area contributed by atoms with Gasteiger partial charge in [0.2, 0.25) is 0 Å². The van der Waals surface area contributed by atoms with E-state index < -0.39 is 22.0 Å². The highest BCUT2D eigenvalue weighted by Crippen LogP contribution is 2.40. The van der Waals surface area contributed by atoms with E-state index in [2.05, 4.69) is 31.3 Å². The lowest BCUT2D eigenvalue weighted by atomic mass is 9.96. The Hall–Kier alpha value is -6.60. The molecule has 0 saturated heterocycles.